The summed E-state index contributed by atoms with van der Waals surface area (Å²) in [5.74, 6) is 0.701. The Kier molecular flexibility index (Phi) is 6.09. The van der Waals surface area contributed by atoms with Crippen LogP contribution in [0.1, 0.15) is 11.1 Å². The minimum atomic E-state index is -0.240. The van der Waals surface area contributed by atoms with Gasteiger partial charge in [0.2, 0.25) is 0 Å². The van der Waals surface area contributed by atoms with Gasteiger partial charge in [-0.05, 0) is 53.9 Å². The minimum Gasteiger partial charge on any atom is -0.338 e. The maximum atomic E-state index is 11.9. The summed E-state index contributed by atoms with van der Waals surface area (Å²) in [6, 6.07) is 10.7. The van der Waals surface area contributed by atoms with E-state index in [9.17, 15) is 4.79 Å². The summed E-state index contributed by atoms with van der Waals surface area (Å²) in [6.07, 6.45) is 5.84. The largest absolute Gasteiger partial charge is 0.338 e. The monoisotopic (exact) mass is 389 g/mol. The Morgan fingerprint density at radius 3 is 2.58 bits per heavy atom. The molecule has 134 valence electrons. The van der Waals surface area contributed by atoms with E-state index in [-0.39, 0.29) is 6.03 Å². The average molecular weight is 390 g/mol. The molecule has 0 saturated heterocycles. The number of nitrogens with one attached hydrogen (secondary N) is 2. The number of halogens is 2. The highest BCUT2D eigenvalue weighted by Crippen LogP contribution is 2.19. The molecule has 26 heavy (non-hydrogen) atoms. The molecule has 2 heterocycles. The van der Waals surface area contributed by atoms with Gasteiger partial charge in [0.1, 0.15) is 0 Å². The van der Waals surface area contributed by atoms with Gasteiger partial charge in [0.25, 0.3) is 0 Å². The van der Waals surface area contributed by atoms with Crippen molar-refractivity contribution in [1.82, 2.24) is 25.4 Å². The quantitative estimate of drug-likeness (QED) is 0.676. The van der Waals surface area contributed by atoms with Crippen LogP contribution in [0.5, 0.6) is 0 Å². The fourth-order valence-corrected chi connectivity index (χ4v) is 2.99. The van der Waals surface area contributed by atoms with Gasteiger partial charge in [-0.15, -0.1) is 0 Å². The number of benzene rings is 1. The zero-order chi connectivity index (χ0) is 18.4. The molecule has 3 aromatic rings. The molecule has 0 atom stereocenters. The molecular formula is C18H17Cl2N5O. The van der Waals surface area contributed by atoms with Crippen LogP contribution < -0.4 is 10.6 Å². The highest BCUT2D eigenvalue weighted by Gasteiger charge is 2.04. The molecule has 0 spiro atoms. The summed E-state index contributed by atoms with van der Waals surface area (Å²) in [4.78, 5) is 16.2. The molecule has 0 aliphatic heterocycles. The Balaban J connectivity index is 1.46. The topological polar surface area (TPSA) is 71.8 Å². The van der Waals surface area contributed by atoms with Crippen molar-refractivity contribution in [2.75, 3.05) is 6.54 Å². The zero-order valence-electron chi connectivity index (χ0n) is 13.8. The van der Waals surface area contributed by atoms with E-state index in [4.69, 9.17) is 23.2 Å². The number of carbonyl (C=O) groups is 1. The van der Waals surface area contributed by atoms with Gasteiger partial charge in [-0.1, -0.05) is 23.2 Å². The van der Waals surface area contributed by atoms with E-state index in [1.54, 1.807) is 23.1 Å². The van der Waals surface area contributed by atoms with Crippen LogP contribution in [0.15, 0.2) is 55.0 Å². The van der Waals surface area contributed by atoms with Crippen LogP contribution in [0.2, 0.25) is 10.0 Å². The van der Waals surface area contributed by atoms with Gasteiger partial charge >= 0.3 is 6.03 Å². The van der Waals surface area contributed by atoms with Crippen molar-refractivity contribution in [1.29, 1.82) is 0 Å². The van der Waals surface area contributed by atoms with E-state index >= 15 is 0 Å². The SMILES string of the molecule is O=C(NCCc1cc(Cl)cc(Cl)c1)NCc1ccnc(-n2cccn2)c1. The highest BCUT2D eigenvalue weighted by atomic mass is 35.5. The van der Waals surface area contributed by atoms with Crippen LogP contribution in [0.3, 0.4) is 0 Å². The predicted octanol–water partition coefficient (Wildman–Crippen LogP) is 3.62. The first-order chi connectivity index (χ1) is 12.6. The van der Waals surface area contributed by atoms with Crippen molar-refractivity contribution in [2.45, 2.75) is 13.0 Å². The van der Waals surface area contributed by atoms with Crippen LogP contribution in [0.25, 0.3) is 5.82 Å². The number of urea groups is 1. The third kappa shape index (κ3) is 5.21. The van der Waals surface area contributed by atoms with Crippen LogP contribution in [0.4, 0.5) is 4.79 Å². The van der Waals surface area contributed by atoms with Crippen LogP contribution >= 0.6 is 23.2 Å². The van der Waals surface area contributed by atoms with Crippen LogP contribution in [-0.2, 0) is 13.0 Å². The Hall–Kier alpha value is -2.57. The van der Waals surface area contributed by atoms with Gasteiger partial charge in [0, 0.05) is 41.7 Å². The lowest BCUT2D eigenvalue weighted by atomic mass is 10.1. The highest BCUT2D eigenvalue weighted by molar-refractivity contribution is 6.34. The molecule has 0 unspecified atom stereocenters. The molecule has 1 aromatic carbocycles. The van der Waals surface area contributed by atoms with E-state index < -0.39 is 0 Å². The Labute approximate surface area is 161 Å². The van der Waals surface area contributed by atoms with Gasteiger partial charge in [-0.2, -0.15) is 5.10 Å². The van der Waals surface area contributed by atoms with Crippen molar-refractivity contribution < 1.29 is 4.79 Å². The van der Waals surface area contributed by atoms with Gasteiger partial charge in [0.05, 0.1) is 0 Å². The molecule has 0 bridgehead atoms. The molecule has 0 saturated carbocycles. The predicted molar refractivity (Wildman–Crippen MR) is 102 cm³/mol. The molecule has 3 rings (SSSR count). The smallest absolute Gasteiger partial charge is 0.315 e. The second kappa shape index (κ2) is 8.69. The number of pyridine rings is 1. The first kappa shape index (κ1) is 18.2. The lowest BCUT2D eigenvalue weighted by Gasteiger charge is -2.09. The van der Waals surface area contributed by atoms with Crippen LogP contribution in [-0.4, -0.2) is 27.3 Å². The fraction of sp³-hybridized carbons (Fsp3) is 0.167. The van der Waals surface area contributed by atoms with Gasteiger partial charge in [0.15, 0.2) is 5.82 Å². The average Bonchev–Trinajstić information content (AvgIpc) is 3.14. The maximum absolute atomic E-state index is 11.9. The number of nitrogens with zero attached hydrogens (tertiary/aromatic N) is 3. The standard InChI is InChI=1S/C18H17Cl2N5O/c19-15-8-13(9-16(20)11-15)2-6-22-18(26)23-12-14-3-5-21-17(10-14)25-7-1-4-24-25/h1,3-5,7-11H,2,6,12H2,(H2,22,23,26). The lowest BCUT2D eigenvalue weighted by Crippen LogP contribution is -2.36. The van der Waals surface area contributed by atoms with Crippen LogP contribution in [0, 0.1) is 0 Å². The first-order valence-electron chi connectivity index (χ1n) is 8.02. The third-order valence-electron chi connectivity index (χ3n) is 3.62. The van der Waals surface area contributed by atoms with Crippen molar-refractivity contribution >= 4 is 29.2 Å². The third-order valence-corrected chi connectivity index (χ3v) is 4.06. The zero-order valence-corrected chi connectivity index (χ0v) is 15.3. The summed E-state index contributed by atoms with van der Waals surface area (Å²) in [7, 11) is 0. The molecule has 0 radical (unpaired) electrons. The fourth-order valence-electron chi connectivity index (χ4n) is 2.42. The second-order valence-corrected chi connectivity index (χ2v) is 6.48. The first-order valence-corrected chi connectivity index (χ1v) is 8.77. The summed E-state index contributed by atoms with van der Waals surface area (Å²) >= 11 is 11.9. The molecule has 0 fully saturated rings. The van der Waals surface area contributed by atoms with E-state index in [1.165, 1.54) is 0 Å². The van der Waals surface area contributed by atoms with E-state index in [2.05, 4.69) is 20.7 Å². The summed E-state index contributed by atoms with van der Waals surface area (Å²) in [6.45, 7) is 0.878. The summed E-state index contributed by atoms with van der Waals surface area (Å²) in [5.41, 5.74) is 1.91. The van der Waals surface area contributed by atoms with E-state index in [1.807, 2.05) is 36.5 Å². The normalized spacial score (nSPS) is 10.5. The molecule has 0 aliphatic carbocycles. The molecule has 6 nitrogen and oxygen atoms in total. The number of rotatable bonds is 6. The number of hydrogen-bond acceptors (Lipinski definition) is 3. The molecule has 8 heteroatoms. The number of aromatic nitrogens is 3. The Morgan fingerprint density at radius 1 is 1.04 bits per heavy atom. The van der Waals surface area contributed by atoms with Crippen molar-refractivity contribution in [2.24, 2.45) is 0 Å². The molecule has 2 N–H and O–H groups in total. The number of carbonyl (C=O) groups excluding carboxylic acids is 1. The van der Waals surface area contributed by atoms with Gasteiger partial charge in [-0.3, -0.25) is 0 Å². The van der Waals surface area contributed by atoms with Crippen molar-refractivity contribution in [3.63, 3.8) is 0 Å². The molecule has 2 aromatic heterocycles. The number of hydrogen-bond donors (Lipinski definition) is 2. The summed E-state index contributed by atoms with van der Waals surface area (Å²) < 4.78 is 1.67. The Bertz CT molecular complexity index is 863. The lowest BCUT2D eigenvalue weighted by molar-refractivity contribution is 0.240. The van der Waals surface area contributed by atoms with Crippen molar-refractivity contribution in [3.8, 4) is 5.82 Å². The second-order valence-electron chi connectivity index (χ2n) is 5.61. The number of amides is 2. The molecular weight excluding hydrogens is 373 g/mol. The molecule has 0 aliphatic rings. The van der Waals surface area contributed by atoms with Crippen molar-refractivity contribution in [3.05, 3.63) is 76.2 Å². The summed E-state index contributed by atoms with van der Waals surface area (Å²) in [5, 5.41) is 10.9. The van der Waals surface area contributed by atoms with Gasteiger partial charge in [-0.25, -0.2) is 14.5 Å². The molecule has 2 amide bonds. The minimum absolute atomic E-state index is 0.240. The maximum Gasteiger partial charge on any atom is 0.315 e. The Morgan fingerprint density at radius 2 is 1.85 bits per heavy atom. The van der Waals surface area contributed by atoms with Gasteiger partial charge < -0.3 is 10.6 Å². The van der Waals surface area contributed by atoms with E-state index in [0.717, 1.165) is 11.1 Å². The van der Waals surface area contributed by atoms with E-state index in [0.29, 0.717) is 35.4 Å².